The summed E-state index contributed by atoms with van der Waals surface area (Å²) in [6.07, 6.45) is 1.12. The lowest BCUT2D eigenvalue weighted by Gasteiger charge is -2.16. The van der Waals surface area contributed by atoms with Gasteiger partial charge in [-0.15, -0.1) is 0 Å². The van der Waals surface area contributed by atoms with Gasteiger partial charge in [-0.1, -0.05) is 0 Å². The molecule has 1 aromatic carbocycles. The number of benzene rings is 1. The summed E-state index contributed by atoms with van der Waals surface area (Å²) >= 11 is 0. The Hall–Kier alpha value is -5.21. The minimum Gasteiger partial charge on any atom is -0.481 e. The number of carboxylic acids is 1. The average Bonchev–Trinajstić information content (AvgIpc) is 2.90. The largest absolute Gasteiger partial charge is 0.481 e. The number of nitrogens with one attached hydrogen (secondary N) is 4. The van der Waals surface area contributed by atoms with E-state index in [0.717, 1.165) is 0 Å². The van der Waals surface area contributed by atoms with Crippen LogP contribution in [0, 0.1) is 0 Å². The van der Waals surface area contributed by atoms with Crippen molar-refractivity contribution in [3.8, 4) is 0 Å². The number of aliphatic carboxylic acids is 1. The Morgan fingerprint density at radius 1 is 1.05 bits per heavy atom. The Labute approximate surface area is 226 Å². The second-order valence-corrected chi connectivity index (χ2v) is 8.47. The van der Waals surface area contributed by atoms with Crippen LogP contribution in [0.2, 0.25) is 0 Å². The third-order valence-corrected chi connectivity index (χ3v) is 5.32. The molecule has 3 aromatic rings. The molecule has 2 heterocycles. The highest BCUT2D eigenvalue weighted by Crippen LogP contribution is 2.12. The second kappa shape index (κ2) is 13.5. The molecule has 0 saturated carbocycles. The number of nitrogens with zero attached hydrogens (tertiary/aromatic N) is 3. The predicted octanol–water partition coefficient (Wildman–Crippen LogP) is 0.769. The molecule has 0 aliphatic heterocycles. The smallest absolute Gasteiger partial charge is 0.328 e. The van der Waals surface area contributed by atoms with Crippen LogP contribution in [0.3, 0.4) is 0 Å². The van der Waals surface area contributed by atoms with Gasteiger partial charge in [0.1, 0.15) is 6.04 Å². The highest BCUT2D eigenvalue weighted by Gasteiger charge is 2.23. The number of aryl methyl sites for hydroxylation is 1. The number of aromatic nitrogens is 4. The van der Waals surface area contributed by atoms with Crippen LogP contribution in [0.4, 0.5) is 11.6 Å². The summed E-state index contributed by atoms with van der Waals surface area (Å²) in [5.41, 5.74) is 0.398. The second-order valence-electron chi connectivity index (χ2n) is 8.47. The Morgan fingerprint density at radius 3 is 2.42 bits per heavy atom. The van der Waals surface area contributed by atoms with Gasteiger partial charge in [0.2, 0.25) is 17.8 Å². The van der Waals surface area contributed by atoms with Crippen molar-refractivity contribution in [2.75, 3.05) is 17.2 Å². The van der Waals surface area contributed by atoms with E-state index >= 15 is 0 Å². The first-order chi connectivity index (χ1) is 19.0. The van der Waals surface area contributed by atoms with Gasteiger partial charge >= 0.3 is 11.9 Å². The van der Waals surface area contributed by atoms with Crippen molar-refractivity contribution in [3.05, 3.63) is 52.1 Å². The summed E-state index contributed by atoms with van der Waals surface area (Å²) in [5, 5.41) is 16.4. The quantitative estimate of drug-likeness (QED) is 0.197. The lowest BCUT2D eigenvalue weighted by atomic mass is 10.1. The Balaban J connectivity index is 1.57. The molecule has 0 saturated heterocycles. The number of carbonyl (C=O) groups is 5. The first kappa shape index (κ1) is 29.3. The number of hydrogen-bond acceptors (Lipinski definition) is 10. The number of rotatable bonds is 12. The van der Waals surface area contributed by atoms with Crippen molar-refractivity contribution in [3.63, 3.8) is 0 Å². The van der Waals surface area contributed by atoms with E-state index in [1.807, 2.05) is 0 Å². The van der Waals surface area contributed by atoms with E-state index in [2.05, 4.69) is 35.9 Å². The lowest BCUT2D eigenvalue weighted by molar-refractivity contribution is -0.146. The number of fused-ring (bicyclic) bond motifs is 1. The SMILES string of the molecule is CCOC(=O)[C@H](CCC(=O)O)NC(=O)c1ccc(NC(=O)CCc2cnc3nc(NC(C)=O)[nH]c(=O)c3n2)cc1. The van der Waals surface area contributed by atoms with E-state index in [9.17, 15) is 28.8 Å². The van der Waals surface area contributed by atoms with Crippen LogP contribution in [0.1, 0.15) is 49.2 Å². The molecular formula is C25H27N7O8. The maximum atomic E-state index is 12.6. The van der Waals surface area contributed by atoms with E-state index in [1.54, 1.807) is 6.92 Å². The molecule has 210 valence electrons. The Morgan fingerprint density at radius 2 is 1.77 bits per heavy atom. The molecular weight excluding hydrogens is 526 g/mol. The predicted molar refractivity (Wildman–Crippen MR) is 140 cm³/mol. The molecule has 3 rings (SSSR count). The minimum absolute atomic E-state index is 0.0164. The number of aromatic amines is 1. The van der Waals surface area contributed by atoms with Gasteiger partial charge in [-0.3, -0.25) is 34.3 Å². The fourth-order valence-corrected chi connectivity index (χ4v) is 3.47. The number of esters is 1. The van der Waals surface area contributed by atoms with E-state index in [-0.39, 0.29) is 60.9 Å². The summed E-state index contributed by atoms with van der Waals surface area (Å²) in [6, 6.07) is 4.75. The topological polar surface area (TPSA) is 222 Å². The summed E-state index contributed by atoms with van der Waals surface area (Å²) in [6.45, 7) is 2.95. The van der Waals surface area contributed by atoms with Crippen LogP contribution >= 0.6 is 0 Å². The summed E-state index contributed by atoms with van der Waals surface area (Å²) in [4.78, 5) is 86.1. The molecule has 1 atom stereocenters. The van der Waals surface area contributed by atoms with Crippen molar-refractivity contribution in [2.45, 2.75) is 45.6 Å². The van der Waals surface area contributed by atoms with Gasteiger partial charge in [-0.25, -0.2) is 14.8 Å². The number of anilines is 2. The molecule has 0 unspecified atom stereocenters. The number of carbonyl (C=O) groups excluding carboxylic acids is 4. The Kier molecular flexibility index (Phi) is 9.94. The summed E-state index contributed by atoms with van der Waals surface area (Å²) in [5.74, 6) is -3.27. The standard InChI is InChI=1S/C25H27N7O8/c1-3-40-24(39)17(9-11-19(35)36)30-22(37)14-4-6-15(7-5-14)28-18(34)10-8-16-12-26-21-20(29-16)23(38)32-25(31-21)27-13(2)33/h4-7,12,17H,3,8-11H2,1-2H3,(H,28,34)(H,30,37)(H,35,36)(H2,26,27,31,32,33,38)/t17-/m0/s1. The van der Waals surface area contributed by atoms with Crippen molar-refractivity contribution < 1.29 is 33.8 Å². The van der Waals surface area contributed by atoms with Crippen LogP contribution < -0.4 is 21.5 Å². The van der Waals surface area contributed by atoms with Gasteiger partial charge in [-0.2, -0.15) is 4.98 Å². The summed E-state index contributed by atoms with van der Waals surface area (Å²) in [7, 11) is 0. The molecule has 3 amide bonds. The van der Waals surface area contributed by atoms with Crippen LogP contribution in [0.15, 0.2) is 35.3 Å². The highest BCUT2D eigenvalue weighted by atomic mass is 16.5. The maximum Gasteiger partial charge on any atom is 0.328 e. The first-order valence-electron chi connectivity index (χ1n) is 12.2. The third-order valence-electron chi connectivity index (χ3n) is 5.32. The van der Waals surface area contributed by atoms with Crippen LogP contribution in [0.25, 0.3) is 11.2 Å². The number of ether oxygens (including phenoxy) is 1. The Bertz CT molecular complexity index is 1490. The fraction of sp³-hybridized carbons (Fsp3) is 0.320. The molecule has 5 N–H and O–H groups in total. The molecule has 40 heavy (non-hydrogen) atoms. The number of hydrogen-bond donors (Lipinski definition) is 5. The zero-order chi connectivity index (χ0) is 29.2. The van der Waals surface area contributed by atoms with Gasteiger partial charge in [0.05, 0.1) is 18.5 Å². The van der Waals surface area contributed by atoms with Gasteiger partial charge in [-0.05, 0) is 44.0 Å². The normalized spacial score (nSPS) is 11.3. The van der Waals surface area contributed by atoms with Crippen LogP contribution in [0.5, 0.6) is 0 Å². The van der Waals surface area contributed by atoms with E-state index in [0.29, 0.717) is 11.4 Å². The molecule has 0 radical (unpaired) electrons. The molecule has 0 bridgehead atoms. The zero-order valence-corrected chi connectivity index (χ0v) is 21.6. The highest BCUT2D eigenvalue weighted by molar-refractivity contribution is 5.98. The first-order valence-corrected chi connectivity index (χ1v) is 12.2. The van der Waals surface area contributed by atoms with Gasteiger partial charge < -0.3 is 20.5 Å². The molecule has 2 aromatic heterocycles. The molecule has 0 fully saturated rings. The molecule has 15 nitrogen and oxygen atoms in total. The molecule has 15 heteroatoms. The molecule has 0 aliphatic rings. The number of carboxylic acid groups (broad SMARTS) is 1. The zero-order valence-electron chi connectivity index (χ0n) is 21.6. The van der Waals surface area contributed by atoms with Crippen molar-refractivity contribution in [2.24, 2.45) is 0 Å². The monoisotopic (exact) mass is 553 g/mol. The maximum absolute atomic E-state index is 12.6. The van der Waals surface area contributed by atoms with Gasteiger partial charge in [0.15, 0.2) is 11.2 Å². The van der Waals surface area contributed by atoms with Crippen molar-refractivity contribution >= 4 is 52.5 Å². The average molecular weight is 554 g/mol. The third kappa shape index (κ3) is 8.41. The lowest BCUT2D eigenvalue weighted by Crippen LogP contribution is -2.42. The van der Waals surface area contributed by atoms with Crippen LogP contribution in [-0.2, 0) is 30.3 Å². The van der Waals surface area contributed by atoms with Gasteiger partial charge in [0.25, 0.3) is 11.5 Å². The van der Waals surface area contributed by atoms with Crippen LogP contribution in [-0.4, -0.2) is 67.4 Å². The summed E-state index contributed by atoms with van der Waals surface area (Å²) < 4.78 is 4.90. The van der Waals surface area contributed by atoms with E-state index in [4.69, 9.17) is 9.84 Å². The van der Waals surface area contributed by atoms with Crippen molar-refractivity contribution in [1.82, 2.24) is 25.3 Å². The van der Waals surface area contributed by atoms with Crippen molar-refractivity contribution in [1.29, 1.82) is 0 Å². The molecule has 0 spiro atoms. The number of amides is 3. The minimum atomic E-state index is -1.12. The van der Waals surface area contributed by atoms with Gasteiger partial charge in [0, 0.05) is 31.0 Å². The fourth-order valence-electron chi connectivity index (χ4n) is 3.47. The van der Waals surface area contributed by atoms with E-state index < -0.39 is 35.4 Å². The van der Waals surface area contributed by atoms with E-state index in [1.165, 1.54) is 37.4 Å². The number of H-pyrrole nitrogens is 1. The molecule has 0 aliphatic carbocycles.